The second-order valence-corrected chi connectivity index (χ2v) is 13.7. The van der Waals surface area contributed by atoms with Gasteiger partial charge in [-0.2, -0.15) is 36.2 Å². The molecule has 0 amide bonds. The van der Waals surface area contributed by atoms with Crippen molar-refractivity contribution in [2.24, 2.45) is 0 Å². The van der Waals surface area contributed by atoms with E-state index in [-0.39, 0.29) is 18.7 Å². The van der Waals surface area contributed by atoms with Crippen LogP contribution >= 0.6 is 36.2 Å². The first-order chi connectivity index (χ1) is 20.3. The Hall–Kier alpha value is -2.63. The third-order valence-electron chi connectivity index (χ3n) is 4.38. The minimum atomic E-state index is -0.637. The molecule has 0 spiro atoms. The molecule has 0 heterocycles. The Labute approximate surface area is 271 Å². The van der Waals surface area contributed by atoms with Crippen molar-refractivity contribution in [1.82, 2.24) is 0 Å². The number of hydrogen-bond donors (Lipinski definition) is 1. The number of hydrogen-bond acceptors (Lipinski definition) is 11. The molecule has 8 nitrogen and oxygen atoms in total. The van der Waals surface area contributed by atoms with Gasteiger partial charge < -0.3 is 18.9 Å². The van der Waals surface area contributed by atoms with E-state index in [2.05, 4.69) is 99.4 Å². The van der Waals surface area contributed by atoms with Crippen molar-refractivity contribution in [2.75, 3.05) is 25.1 Å². The second kappa shape index (κ2) is 28.2. The zero-order valence-corrected chi connectivity index (χ0v) is 28.8. The van der Waals surface area contributed by atoms with Gasteiger partial charge in [0.2, 0.25) is 13.6 Å². The Bertz CT molecular complexity index is 942. The van der Waals surface area contributed by atoms with Crippen molar-refractivity contribution < 1.29 is 38.1 Å². The van der Waals surface area contributed by atoms with E-state index < -0.39 is 18.7 Å². The first-order valence-corrected chi connectivity index (χ1v) is 16.5. The van der Waals surface area contributed by atoms with E-state index in [1.807, 2.05) is 13.8 Å². The molecule has 0 aliphatic heterocycles. The highest BCUT2D eigenvalue weighted by atomic mass is 32.2. The first-order valence-electron chi connectivity index (χ1n) is 13.9. The zero-order chi connectivity index (χ0) is 33.0. The summed E-state index contributed by atoms with van der Waals surface area (Å²) in [5, 5.41) is 1.54. The third kappa shape index (κ3) is 30.6. The van der Waals surface area contributed by atoms with Crippen LogP contribution in [0, 0.1) is 0 Å². The summed E-state index contributed by atoms with van der Waals surface area (Å²) in [6, 6.07) is 8.49. The molecule has 0 unspecified atom stereocenters. The van der Waals surface area contributed by atoms with Crippen molar-refractivity contribution >= 4 is 66.1 Å². The monoisotopic (exact) mass is 656 g/mol. The van der Waals surface area contributed by atoms with E-state index in [1.165, 1.54) is 11.1 Å². The van der Waals surface area contributed by atoms with Crippen LogP contribution in [-0.4, -0.2) is 64.7 Å². The molecule has 43 heavy (non-hydrogen) atoms. The molecule has 2 rings (SSSR count). The number of allylic oxidation sites excluding steroid dienone is 1. The summed E-state index contributed by atoms with van der Waals surface area (Å²) < 4.78 is 18.3. The van der Waals surface area contributed by atoms with E-state index in [1.54, 1.807) is 23.5 Å². The average Bonchev–Trinajstić information content (AvgIpc) is 3.42. The standard InChI is InChI=1S/C13H24O4S2.C9H8.C7H8O4.C3H8S/c1-10(2)18-7-5-12(14)16-9-17-13(15)6-8-19-11(3)4;1-2-5-9-7-3-6-8(9)4-1;1-3-6(8)10-5-11-7(9)4-2;1-3(2)4/h10-11H,5-9H2,1-4H3;1-6H,7H2;3-4H,1-2,5H2;3-4H,1-2H3. The van der Waals surface area contributed by atoms with Crippen molar-refractivity contribution in [3.8, 4) is 0 Å². The molecule has 0 saturated heterocycles. The predicted molar refractivity (Wildman–Crippen MR) is 182 cm³/mol. The molecule has 0 fully saturated rings. The summed E-state index contributed by atoms with van der Waals surface area (Å²) >= 11 is 7.37. The topological polar surface area (TPSA) is 105 Å². The van der Waals surface area contributed by atoms with Gasteiger partial charge in [0.05, 0.1) is 12.8 Å². The number of carbonyl (C=O) groups excluding carboxylic acids is 4. The van der Waals surface area contributed by atoms with Crippen LogP contribution in [0.15, 0.2) is 55.7 Å². The summed E-state index contributed by atoms with van der Waals surface area (Å²) in [7, 11) is 0. The number of thioether (sulfide) groups is 2. The lowest BCUT2D eigenvalue weighted by molar-refractivity contribution is -0.167. The molecule has 1 aromatic carbocycles. The molecule has 0 atom stereocenters. The SMILES string of the molecule is C1=Cc2ccccc2C1.C=CC(=O)OCOC(=O)C=C.CC(C)S.CC(C)SCCC(=O)OCOC(=O)CCSC(C)C. The molecule has 1 aliphatic rings. The summed E-state index contributed by atoms with van der Waals surface area (Å²) in [4.78, 5) is 43.2. The van der Waals surface area contributed by atoms with Crippen LogP contribution < -0.4 is 0 Å². The van der Waals surface area contributed by atoms with E-state index in [4.69, 9.17) is 9.47 Å². The normalized spacial score (nSPS) is 10.6. The maximum absolute atomic E-state index is 11.3. The lowest BCUT2D eigenvalue weighted by Gasteiger charge is -2.07. The molecule has 11 heteroatoms. The predicted octanol–water partition coefficient (Wildman–Crippen LogP) is 7.08. The highest BCUT2D eigenvalue weighted by Crippen LogP contribution is 2.17. The van der Waals surface area contributed by atoms with Gasteiger partial charge in [0, 0.05) is 23.7 Å². The highest BCUT2D eigenvalue weighted by Gasteiger charge is 2.07. The molecule has 0 N–H and O–H groups in total. The fraction of sp³-hybridized carbons (Fsp3) is 0.500. The van der Waals surface area contributed by atoms with Crippen LogP contribution in [0.4, 0.5) is 0 Å². The maximum Gasteiger partial charge on any atom is 0.333 e. The Kier molecular flexibility index (Phi) is 27.8. The van der Waals surface area contributed by atoms with Crippen molar-refractivity contribution in [1.29, 1.82) is 0 Å². The van der Waals surface area contributed by atoms with Gasteiger partial charge in [-0.05, 0) is 33.3 Å². The second-order valence-electron chi connectivity index (χ2n) is 9.34. The van der Waals surface area contributed by atoms with Crippen molar-refractivity contribution in [3.63, 3.8) is 0 Å². The Morgan fingerprint density at radius 3 is 1.60 bits per heavy atom. The summed E-state index contributed by atoms with van der Waals surface area (Å²) in [6.07, 6.45) is 8.15. The lowest BCUT2D eigenvalue weighted by atomic mass is 10.1. The number of thiol groups is 1. The van der Waals surface area contributed by atoms with Crippen LogP contribution in [0.25, 0.3) is 6.08 Å². The van der Waals surface area contributed by atoms with Gasteiger partial charge in [-0.15, -0.1) is 0 Å². The molecule has 0 aromatic heterocycles. The number of rotatable bonds is 14. The molecule has 242 valence electrons. The molecular formula is C32H48O8S3. The van der Waals surface area contributed by atoms with Crippen LogP contribution in [0.3, 0.4) is 0 Å². The summed E-state index contributed by atoms with van der Waals surface area (Å²) in [6.45, 7) is 18.0. The molecule has 1 aliphatic carbocycles. The minimum absolute atomic E-state index is 0.268. The summed E-state index contributed by atoms with van der Waals surface area (Å²) in [5.74, 6) is -0.455. The summed E-state index contributed by atoms with van der Waals surface area (Å²) in [5.41, 5.74) is 2.84. The van der Waals surface area contributed by atoms with Gasteiger partial charge in [-0.1, -0.05) is 91.1 Å². The quantitative estimate of drug-likeness (QED) is 0.0967. The van der Waals surface area contributed by atoms with E-state index in [0.717, 1.165) is 30.1 Å². The number of carbonyl (C=O) groups is 4. The fourth-order valence-corrected chi connectivity index (χ4v) is 4.03. The Morgan fingerprint density at radius 2 is 1.21 bits per heavy atom. The van der Waals surface area contributed by atoms with E-state index >= 15 is 0 Å². The highest BCUT2D eigenvalue weighted by molar-refractivity contribution is 8.00. The van der Waals surface area contributed by atoms with Gasteiger partial charge in [0.15, 0.2) is 0 Å². The number of esters is 4. The first kappa shape index (κ1) is 42.5. The Balaban J connectivity index is 0. The molecular weight excluding hydrogens is 609 g/mol. The van der Waals surface area contributed by atoms with Gasteiger partial charge in [0.25, 0.3) is 0 Å². The maximum atomic E-state index is 11.3. The van der Waals surface area contributed by atoms with Gasteiger partial charge in [-0.25, -0.2) is 9.59 Å². The third-order valence-corrected chi connectivity index (χ3v) is 6.59. The van der Waals surface area contributed by atoms with Gasteiger partial charge in [-0.3, -0.25) is 9.59 Å². The smallest absolute Gasteiger partial charge is 0.333 e. The molecule has 0 saturated carbocycles. The van der Waals surface area contributed by atoms with Gasteiger partial charge in [0.1, 0.15) is 0 Å². The number of fused-ring (bicyclic) bond motifs is 1. The molecule has 1 aromatic rings. The zero-order valence-electron chi connectivity index (χ0n) is 26.2. The Morgan fingerprint density at radius 1 is 0.791 bits per heavy atom. The van der Waals surface area contributed by atoms with Crippen molar-refractivity contribution in [2.45, 2.75) is 76.6 Å². The van der Waals surface area contributed by atoms with E-state index in [0.29, 0.717) is 28.6 Å². The van der Waals surface area contributed by atoms with Crippen LogP contribution in [-0.2, 0) is 44.5 Å². The van der Waals surface area contributed by atoms with Crippen LogP contribution in [0.1, 0.15) is 65.5 Å². The fourth-order valence-electron chi connectivity index (χ4n) is 2.52. The lowest BCUT2D eigenvalue weighted by Crippen LogP contribution is -2.14. The van der Waals surface area contributed by atoms with Crippen LogP contribution in [0.2, 0.25) is 0 Å². The van der Waals surface area contributed by atoms with Crippen molar-refractivity contribution in [3.05, 3.63) is 66.8 Å². The van der Waals surface area contributed by atoms with Crippen LogP contribution in [0.5, 0.6) is 0 Å². The molecule has 0 bridgehead atoms. The largest absolute Gasteiger partial charge is 0.428 e. The van der Waals surface area contributed by atoms with Gasteiger partial charge >= 0.3 is 23.9 Å². The number of ether oxygens (including phenoxy) is 4. The van der Waals surface area contributed by atoms with E-state index in [9.17, 15) is 19.2 Å². The minimum Gasteiger partial charge on any atom is -0.428 e. The average molecular weight is 657 g/mol. The number of benzene rings is 1. The molecule has 0 radical (unpaired) electrons.